The first kappa shape index (κ1) is 28.2. The quantitative estimate of drug-likeness (QED) is 0.375. The van der Waals surface area contributed by atoms with Gasteiger partial charge < -0.3 is 10.2 Å². The Balaban J connectivity index is 1.98. The molecule has 0 aliphatic heterocycles. The van der Waals surface area contributed by atoms with Gasteiger partial charge in [-0.3, -0.25) is 13.9 Å². The Bertz CT molecular complexity index is 1290. The number of nitrogens with one attached hydrogen (secondary N) is 1. The van der Waals surface area contributed by atoms with Gasteiger partial charge in [0.05, 0.1) is 10.6 Å². The molecule has 37 heavy (non-hydrogen) atoms. The summed E-state index contributed by atoms with van der Waals surface area (Å²) in [6.45, 7) is 5.12. The van der Waals surface area contributed by atoms with Crippen molar-refractivity contribution in [3.05, 3.63) is 95.5 Å². The topological polar surface area (TPSA) is 86.8 Å². The molecule has 3 rings (SSSR count). The summed E-state index contributed by atoms with van der Waals surface area (Å²) < 4.78 is 28.4. The zero-order valence-corrected chi connectivity index (χ0v) is 22.7. The minimum Gasteiger partial charge on any atom is -0.352 e. The van der Waals surface area contributed by atoms with Crippen molar-refractivity contribution in [1.29, 1.82) is 0 Å². The SMILES string of the molecule is CCC(C)NC(=O)C(C)N(Cc1ccc(Cl)cc1)C(=O)CN(c1ccccc1)S(=O)(=O)c1ccccc1. The van der Waals surface area contributed by atoms with Crippen molar-refractivity contribution in [2.24, 2.45) is 0 Å². The van der Waals surface area contributed by atoms with Crippen molar-refractivity contribution >= 4 is 39.1 Å². The van der Waals surface area contributed by atoms with E-state index in [1.165, 1.54) is 17.0 Å². The lowest BCUT2D eigenvalue weighted by Crippen LogP contribution is -2.52. The molecule has 0 spiro atoms. The number of carbonyl (C=O) groups excluding carboxylic acids is 2. The smallest absolute Gasteiger partial charge is 0.264 e. The highest BCUT2D eigenvalue weighted by atomic mass is 35.5. The lowest BCUT2D eigenvalue weighted by Gasteiger charge is -2.32. The molecule has 0 aromatic heterocycles. The van der Waals surface area contributed by atoms with Gasteiger partial charge in [-0.15, -0.1) is 0 Å². The second-order valence-corrected chi connectivity index (χ2v) is 11.1. The minimum atomic E-state index is -4.06. The molecule has 3 aromatic rings. The number of para-hydroxylation sites is 1. The Morgan fingerprint density at radius 3 is 2.03 bits per heavy atom. The highest BCUT2D eigenvalue weighted by Crippen LogP contribution is 2.24. The summed E-state index contributed by atoms with van der Waals surface area (Å²) in [5.74, 6) is -0.820. The van der Waals surface area contributed by atoms with E-state index < -0.39 is 28.5 Å². The molecule has 2 amide bonds. The maximum atomic E-state index is 13.8. The maximum absolute atomic E-state index is 13.8. The Kier molecular flexibility index (Phi) is 9.72. The van der Waals surface area contributed by atoms with Gasteiger partial charge in [0, 0.05) is 17.6 Å². The molecule has 196 valence electrons. The van der Waals surface area contributed by atoms with Crippen LogP contribution in [0.5, 0.6) is 0 Å². The van der Waals surface area contributed by atoms with Crippen LogP contribution in [-0.2, 0) is 26.2 Å². The van der Waals surface area contributed by atoms with Gasteiger partial charge in [0.1, 0.15) is 12.6 Å². The van der Waals surface area contributed by atoms with Crippen LogP contribution in [0.1, 0.15) is 32.8 Å². The number of nitrogens with zero attached hydrogens (tertiary/aromatic N) is 2. The Morgan fingerprint density at radius 1 is 0.892 bits per heavy atom. The number of benzene rings is 3. The lowest BCUT2D eigenvalue weighted by atomic mass is 10.1. The van der Waals surface area contributed by atoms with Gasteiger partial charge in [-0.2, -0.15) is 0 Å². The van der Waals surface area contributed by atoms with Crippen LogP contribution in [0.2, 0.25) is 5.02 Å². The molecule has 2 unspecified atom stereocenters. The molecule has 0 bridgehead atoms. The van der Waals surface area contributed by atoms with Crippen molar-refractivity contribution in [3.63, 3.8) is 0 Å². The number of halogens is 1. The molecule has 0 radical (unpaired) electrons. The lowest BCUT2D eigenvalue weighted by molar-refractivity contribution is -0.139. The van der Waals surface area contributed by atoms with E-state index in [1.807, 2.05) is 13.8 Å². The molecule has 7 nitrogen and oxygen atoms in total. The molecule has 9 heteroatoms. The third kappa shape index (κ3) is 7.33. The summed E-state index contributed by atoms with van der Waals surface area (Å²) in [4.78, 5) is 28.3. The van der Waals surface area contributed by atoms with Crippen LogP contribution in [0.15, 0.2) is 89.8 Å². The predicted molar refractivity (Wildman–Crippen MR) is 147 cm³/mol. The number of anilines is 1. The fourth-order valence-corrected chi connectivity index (χ4v) is 5.24. The molecule has 0 fully saturated rings. The van der Waals surface area contributed by atoms with E-state index >= 15 is 0 Å². The van der Waals surface area contributed by atoms with E-state index in [0.717, 1.165) is 16.3 Å². The van der Waals surface area contributed by atoms with Gasteiger partial charge in [0.15, 0.2) is 0 Å². The molecule has 0 saturated carbocycles. The van der Waals surface area contributed by atoms with Crippen LogP contribution in [0.25, 0.3) is 0 Å². The number of carbonyl (C=O) groups is 2. The van der Waals surface area contributed by atoms with Crippen LogP contribution >= 0.6 is 11.6 Å². The summed E-state index contributed by atoms with van der Waals surface area (Å²) >= 11 is 6.02. The molecule has 0 aliphatic carbocycles. The predicted octanol–water partition coefficient (Wildman–Crippen LogP) is 4.87. The summed E-state index contributed by atoms with van der Waals surface area (Å²) in [6.07, 6.45) is 0.737. The fraction of sp³-hybridized carbons (Fsp3) is 0.286. The first-order chi connectivity index (χ1) is 17.6. The maximum Gasteiger partial charge on any atom is 0.264 e. The fourth-order valence-electron chi connectivity index (χ4n) is 3.68. The minimum absolute atomic E-state index is 0.0679. The monoisotopic (exact) mass is 541 g/mol. The van der Waals surface area contributed by atoms with Crippen molar-refractivity contribution < 1.29 is 18.0 Å². The molecule has 1 N–H and O–H groups in total. The zero-order valence-electron chi connectivity index (χ0n) is 21.2. The Morgan fingerprint density at radius 2 is 1.46 bits per heavy atom. The van der Waals surface area contributed by atoms with Crippen molar-refractivity contribution in [2.45, 2.75) is 50.7 Å². The standard InChI is InChI=1S/C28H32ClN3O4S/c1-4-21(2)30-28(34)22(3)31(19-23-15-17-24(29)18-16-23)27(33)20-32(25-11-7-5-8-12-25)37(35,36)26-13-9-6-10-14-26/h5-18,21-22H,4,19-20H2,1-3H3,(H,30,34). The molecular weight excluding hydrogens is 510 g/mol. The van der Waals surface area contributed by atoms with Gasteiger partial charge in [-0.25, -0.2) is 8.42 Å². The summed E-state index contributed by atoms with van der Waals surface area (Å²) in [5.41, 5.74) is 1.11. The van der Waals surface area contributed by atoms with Crippen LogP contribution in [-0.4, -0.2) is 43.8 Å². The molecule has 0 saturated heterocycles. The number of hydrogen-bond donors (Lipinski definition) is 1. The van der Waals surface area contributed by atoms with Crippen molar-refractivity contribution in [1.82, 2.24) is 10.2 Å². The molecule has 0 aliphatic rings. The van der Waals surface area contributed by atoms with Gasteiger partial charge in [0.2, 0.25) is 11.8 Å². The van der Waals surface area contributed by atoms with Crippen LogP contribution in [0, 0.1) is 0 Å². The Labute approximate surface area is 224 Å². The van der Waals surface area contributed by atoms with Gasteiger partial charge in [-0.05, 0) is 62.2 Å². The zero-order chi connectivity index (χ0) is 27.0. The van der Waals surface area contributed by atoms with E-state index in [0.29, 0.717) is 10.7 Å². The highest BCUT2D eigenvalue weighted by molar-refractivity contribution is 7.92. The summed E-state index contributed by atoms with van der Waals surface area (Å²) in [7, 11) is -4.06. The normalized spacial score (nSPS) is 12.9. The summed E-state index contributed by atoms with van der Waals surface area (Å²) in [5, 5.41) is 3.46. The van der Waals surface area contributed by atoms with E-state index in [9.17, 15) is 18.0 Å². The second-order valence-electron chi connectivity index (χ2n) is 8.80. The molecular formula is C28H32ClN3O4S. The largest absolute Gasteiger partial charge is 0.352 e. The third-order valence-corrected chi connectivity index (χ3v) is 8.13. The average molecular weight is 542 g/mol. The third-order valence-electron chi connectivity index (χ3n) is 6.09. The van der Waals surface area contributed by atoms with E-state index in [2.05, 4.69) is 5.32 Å². The van der Waals surface area contributed by atoms with E-state index in [4.69, 9.17) is 11.6 Å². The molecule has 3 aromatic carbocycles. The number of hydrogen-bond acceptors (Lipinski definition) is 4. The van der Waals surface area contributed by atoms with Crippen molar-refractivity contribution in [3.8, 4) is 0 Å². The van der Waals surface area contributed by atoms with E-state index in [-0.39, 0.29) is 23.4 Å². The number of rotatable bonds is 11. The Hall–Kier alpha value is -3.36. The second kappa shape index (κ2) is 12.7. The van der Waals surface area contributed by atoms with Gasteiger partial charge in [0.25, 0.3) is 10.0 Å². The molecule has 2 atom stereocenters. The average Bonchev–Trinajstić information content (AvgIpc) is 2.91. The van der Waals surface area contributed by atoms with Crippen LogP contribution < -0.4 is 9.62 Å². The first-order valence-electron chi connectivity index (χ1n) is 12.1. The first-order valence-corrected chi connectivity index (χ1v) is 13.9. The van der Waals surface area contributed by atoms with E-state index in [1.54, 1.807) is 79.7 Å². The van der Waals surface area contributed by atoms with Gasteiger partial charge in [-0.1, -0.05) is 67.1 Å². The molecule has 0 heterocycles. The van der Waals surface area contributed by atoms with Crippen molar-refractivity contribution in [2.75, 3.05) is 10.8 Å². The van der Waals surface area contributed by atoms with Gasteiger partial charge >= 0.3 is 0 Å². The number of amides is 2. The van der Waals surface area contributed by atoms with Crippen LogP contribution in [0.4, 0.5) is 5.69 Å². The number of sulfonamides is 1. The highest BCUT2D eigenvalue weighted by Gasteiger charge is 2.32. The van der Waals surface area contributed by atoms with Crippen LogP contribution in [0.3, 0.4) is 0 Å². The summed E-state index contributed by atoms with van der Waals surface area (Å²) in [6, 6.07) is 22.5.